The first kappa shape index (κ1) is 13.5. The number of amides is 1. The second-order valence-corrected chi connectivity index (χ2v) is 5.05. The molecule has 2 aromatic rings. The van der Waals surface area contributed by atoms with E-state index in [-0.39, 0.29) is 5.91 Å². The number of benzene rings is 1. The fourth-order valence-electron chi connectivity index (χ4n) is 2.44. The summed E-state index contributed by atoms with van der Waals surface area (Å²) in [6, 6.07) is 5.54. The largest absolute Gasteiger partial charge is 0.489 e. The van der Waals surface area contributed by atoms with Crippen LogP contribution in [0.5, 0.6) is 5.75 Å². The maximum Gasteiger partial charge on any atom is 0.255 e. The van der Waals surface area contributed by atoms with E-state index in [2.05, 4.69) is 15.7 Å². The summed E-state index contributed by atoms with van der Waals surface area (Å²) in [6.07, 6.45) is 1.91. The number of carbonyl (C=O) groups is 1. The predicted molar refractivity (Wildman–Crippen MR) is 79.5 cm³/mol. The van der Waals surface area contributed by atoms with Gasteiger partial charge in [0.15, 0.2) is 5.75 Å². The van der Waals surface area contributed by atoms with Gasteiger partial charge < -0.3 is 15.4 Å². The van der Waals surface area contributed by atoms with E-state index in [0.717, 1.165) is 23.5 Å². The Bertz CT molecular complexity index is 678. The molecule has 2 heterocycles. The van der Waals surface area contributed by atoms with Crippen LogP contribution in [0.25, 0.3) is 0 Å². The number of aryl methyl sites for hydroxylation is 2. The third-order valence-corrected chi connectivity index (χ3v) is 3.48. The summed E-state index contributed by atoms with van der Waals surface area (Å²) in [5.74, 6) is 0.489. The van der Waals surface area contributed by atoms with E-state index in [1.807, 2.05) is 32.3 Å². The SMILES string of the molecule is Cc1nn(C)cc1CNC(=O)c1cccc2c1OCCN2. The number of ether oxygens (including phenoxy) is 1. The lowest BCUT2D eigenvalue weighted by Gasteiger charge is -2.21. The van der Waals surface area contributed by atoms with E-state index >= 15 is 0 Å². The van der Waals surface area contributed by atoms with Crippen molar-refractivity contribution in [2.24, 2.45) is 7.05 Å². The molecular weight excluding hydrogens is 268 g/mol. The lowest BCUT2D eigenvalue weighted by atomic mass is 10.1. The quantitative estimate of drug-likeness (QED) is 0.896. The Kier molecular flexibility index (Phi) is 3.51. The minimum absolute atomic E-state index is 0.140. The van der Waals surface area contributed by atoms with Crippen molar-refractivity contribution in [3.05, 3.63) is 41.2 Å². The molecule has 3 rings (SSSR count). The molecule has 0 radical (unpaired) electrons. The predicted octanol–water partition coefficient (Wildman–Crippen LogP) is 1.46. The molecule has 1 amide bonds. The van der Waals surface area contributed by atoms with E-state index in [9.17, 15) is 4.79 Å². The van der Waals surface area contributed by atoms with Crippen LogP contribution in [0.3, 0.4) is 0 Å². The fourth-order valence-corrected chi connectivity index (χ4v) is 2.44. The van der Waals surface area contributed by atoms with Gasteiger partial charge in [0.2, 0.25) is 0 Å². The van der Waals surface area contributed by atoms with Crippen LogP contribution >= 0.6 is 0 Å². The van der Waals surface area contributed by atoms with Crippen LogP contribution in [0, 0.1) is 6.92 Å². The van der Waals surface area contributed by atoms with Crippen molar-refractivity contribution in [1.82, 2.24) is 15.1 Å². The molecule has 0 saturated carbocycles. The van der Waals surface area contributed by atoms with Crippen LogP contribution in [0.4, 0.5) is 5.69 Å². The monoisotopic (exact) mass is 286 g/mol. The number of para-hydroxylation sites is 1. The highest BCUT2D eigenvalue weighted by Gasteiger charge is 2.19. The third kappa shape index (κ3) is 2.69. The van der Waals surface area contributed by atoms with Gasteiger partial charge in [0.25, 0.3) is 5.91 Å². The second kappa shape index (κ2) is 5.47. The number of carbonyl (C=O) groups excluding carboxylic acids is 1. The van der Waals surface area contributed by atoms with Gasteiger partial charge in [0.05, 0.1) is 16.9 Å². The Morgan fingerprint density at radius 1 is 1.52 bits per heavy atom. The average molecular weight is 286 g/mol. The highest BCUT2D eigenvalue weighted by Crippen LogP contribution is 2.31. The standard InChI is InChI=1S/C15H18N4O2/c1-10-11(9-19(2)18-10)8-17-15(20)12-4-3-5-13-14(12)21-7-6-16-13/h3-5,9,16H,6-8H2,1-2H3,(H,17,20). The van der Waals surface area contributed by atoms with E-state index in [1.54, 1.807) is 10.7 Å². The average Bonchev–Trinajstić information content (AvgIpc) is 2.82. The van der Waals surface area contributed by atoms with Gasteiger partial charge in [0, 0.05) is 31.9 Å². The lowest BCUT2D eigenvalue weighted by Crippen LogP contribution is -2.26. The first-order valence-corrected chi connectivity index (χ1v) is 6.92. The van der Waals surface area contributed by atoms with Gasteiger partial charge in [-0.1, -0.05) is 6.07 Å². The molecule has 1 aromatic heterocycles. The van der Waals surface area contributed by atoms with Crippen LogP contribution < -0.4 is 15.4 Å². The summed E-state index contributed by atoms with van der Waals surface area (Å²) in [5.41, 5.74) is 3.35. The van der Waals surface area contributed by atoms with Crippen LogP contribution in [0.15, 0.2) is 24.4 Å². The van der Waals surface area contributed by atoms with Crippen molar-refractivity contribution < 1.29 is 9.53 Å². The van der Waals surface area contributed by atoms with Crippen molar-refractivity contribution in [2.75, 3.05) is 18.5 Å². The van der Waals surface area contributed by atoms with Crippen LogP contribution in [-0.4, -0.2) is 28.8 Å². The van der Waals surface area contributed by atoms with Gasteiger partial charge in [-0.3, -0.25) is 9.48 Å². The normalized spacial score (nSPS) is 13.0. The Morgan fingerprint density at radius 3 is 3.14 bits per heavy atom. The molecule has 0 bridgehead atoms. The maximum atomic E-state index is 12.4. The molecule has 1 aromatic carbocycles. The van der Waals surface area contributed by atoms with E-state index in [0.29, 0.717) is 24.5 Å². The zero-order valence-corrected chi connectivity index (χ0v) is 12.1. The number of rotatable bonds is 3. The molecule has 110 valence electrons. The summed E-state index contributed by atoms with van der Waals surface area (Å²) in [6.45, 7) is 3.71. The van der Waals surface area contributed by atoms with E-state index < -0.39 is 0 Å². The van der Waals surface area contributed by atoms with E-state index in [1.165, 1.54) is 0 Å². The summed E-state index contributed by atoms with van der Waals surface area (Å²) in [7, 11) is 1.87. The van der Waals surface area contributed by atoms with Gasteiger partial charge in [-0.15, -0.1) is 0 Å². The first-order chi connectivity index (χ1) is 10.1. The summed E-state index contributed by atoms with van der Waals surface area (Å²) in [4.78, 5) is 12.4. The minimum atomic E-state index is -0.140. The molecule has 0 saturated heterocycles. The van der Waals surface area contributed by atoms with Gasteiger partial charge in [0.1, 0.15) is 6.61 Å². The van der Waals surface area contributed by atoms with Gasteiger partial charge in [-0.05, 0) is 19.1 Å². The summed E-state index contributed by atoms with van der Waals surface area (Å²) < 4.78 is 7.36. The number of fused-ring (bicyclic) bond motifs is 1. The zero-order chi connectivity index (χ0) is 14.8. The zero-order valence-electron chi connectivity index (χ0n) is 12.1. The molecule has 1 aliphatic rings. The molecule has 0 fully saturated rings. The summed E-state index contributed by atoms with van der Waals surface area (Å²) in [5, 5.41) is 10.4. The Hall–Kier alpha value is -2.50. The maximum absolute atomic E-state index is 12.4. The number of aromatic nitrogens is 2. The molecular formula is C15H18N4O2. The van der Waals surface area contributed by atoms with Crippen molar-refractivity contribution >= 4 is 11.6 Å². The highest BCUT2D eigenvalue weighted by atomic mass is 16.5. The molecule has 6 heteroatoms. The Morgan fingerprint density at radius 2 is 2.38 bits per heavy atom. The number of nitrogens with zero attached hydrogens (tertiary/aromatic N) is 2. The molecule has 0 atom stereocenters. The molecule has 1 aliphatic heterocycles. The molecule has 21 heavy (non-hydrogen) atoms. The number of anilines is 1. The van der Waals surface area contributed by atoms with Crippen LogP contribution in [0.1, 0.15) is 21.6 Å². The van der Waals surface area contributed by atoms with Gasteiger partial charge >= 0.3 is 0 Å². The van der Waals surface area contributed by atoms with Crippen molar-refractivity contribution in [3.63, 3.8) is 0 Å². The fraction of sp³-hybridized carbons (Fsp3) is 0.333. The molecule has 0 spiro atoms. The molecule has 0 unspecified atom stereocenters. The summed E-state index contributed by atoms with van der Waals surface area (Å²) >= 11 is 0. The smallest absolute Gasteiger partial charge is 0.255 e. The topological polar surface area (TPSA) is 68.2 Å². The Balaban J connectivity index is 1.75. The van der Waals surface area contributed by atoms with Gasteiger partial charge in [-0.2, -0.15) is 5.10 Å². The lowest BCUT2D eigenvalue weighted by molar-refractivity contribution is 0.0946. The number of hydrogen-bond donors (Lipinski definition) is 2. The Labute approximate surface area is 123 Å². The van der Waals surface area contributed by atoms with Gasteiger partial charge in [-0.25, -0.2) is 0 Å². The second-order valence-electron chi connectivity index (χ2n) is 5.05. The van der Waals surface area contributed by atoms with Crippen LogP contribution in [-0.2, 0) is 13.6 Å². The first-order valence-electron chi connectivity index (χ1n) is 6.92. The molecule has 0 aliphatic carbocycles. The van der Waals surface area contributed by atoms with E-state index in [4.69, 9.17) is 4.74 Å². The number of hydrogen-bond acceptors (Lipinski definition) is 4. The molecule has 6 nitrogen and oxygen atoms in total. The van der Waals surface area contributed by atoms with Crippen molar-refractivity contribution in [2.45, 2.75) is 13.5 Å². The molecule has 2 N–H and O–H groups in total. The minimum Gasteiger partial charge on any atom is -0.489 e. The third-order valence-electron chi connectivity index (χ3n) is 3.48. The number of nitrogens with one attached hydrogen (secondary N) is 2. The van der Waals surface area contributed by atoms with Crippen LogP contribution in [0.2, 0.25) is 0 Å². The highest BCUT2D eigenvalue weighted by molar-refractivity contribution is 5.98. The van der Waals surface area contributed by atoms with Crippen molar-refractivity contribution in [1.29, 1.82) is 0 Å². The van der Waals surface area contributed by atoms with Crippen molar-refractivity contribution in [3.8, 4) is 5.75 Å².